The van der Waals surface area contributed by atoms with E-state index in [2.05, 4.69) is 15.2 Å². The molecule has 0 bridgehead atoms. The molecule has 0 aliphatic heterocycles. The van der Waals surface area contributed by atoms with E-state index in [4.69, 9.17) is 4.74 Å². The molecule has 0 radical (unpaired) electrons. The van der Waals surface area contributed by atoms with Gasteiger partial charge in [0.1, 0.15) is 12.0 Å². The molecule has 0 aliphatic carbocycles. The lowest BCUT2D eigenvalue weighted by molar-refractivity contribution is -0.105. The van der Waals surface area contributed by atoms with Gasteiger partial charge in [0.2, 0.25) is 5.16 Å². The second-order valence-corrected chi connectivity index (χ2v) is 5.09. The number of nitrogens with one attached hydrogen (secondary N) is 1. The molecule has 0 spiro atoms. The summed E-state index contributed by atoms with van der Waals surface area (Å²) in [5, 5.41) is 7.49. The summed E-state index contributed by atoms with van der Waals surface area (Å²) in [7, 11) is 0. The minimum Gasteiger partial charge on any atom is -0.490 e. The Morgan fingerprint density at radius 2 is 2.21 bits per heavy atom. The number of rotatable bonds is 6. The smallest absolute Gasteiger partial charge is 0.209 e. The van der Waals surface area contributed by atoms with Gasteiger partial charge >= 0.3 is 0 Å². The Morgan fingerprint density at radius 1 is 1.42 bits per heavy atom. The van der Waals surface area contributed by atoms with Gasteiger partial charge in [-0.2, -0.15) is 0 Å². The highest BCUT2D eigenvalue weighted by Gasteiger charge is 2.11. The van der Waals surface area contributed by atoms with Gasteiger partial charge in [0.15, 0.2) is 5.82 Å². The Morgan fingerprint density at radius 3 is 2.95 bits per heavy atom. The zero-order chi connectivity index (χ0) is 13.7. The minimum atomic E-state index is 0.0907. The second-order valence-electron chi connectivity index (χ2n) is 4.11. The summed E-state index contributed by atoms with van der Waals surface area (Å²) in [5.74, 6) is 1.76. The highest BCUT2D eigenvalue weighted by atomic mass is 32.2. The number of aldehydes is 1. The molecule has 5 nitrogen and oxygen atoms in total. The maximum absolute atomic E-state index is 10.3. The third-order valence-electron chi connectivity index (χ3n) is 2.25. The van der Waals surface area contributed by atoms with Crippen LogP contribution in [0.3, 0.4) is 0 Å². The number of H-pyrrole nitrogens is 1. The zero-order valence-electron chi connectivity index (χ0n) is 10.8. The Labute approximate surface area is 115 Å². The normalized spacial score (nSPS) is 10.7. The maximum atomic E-state index is 10.3. The molecule has 0 unspecified atom stereocenters. The molecular formula is C13H15N3O2S. The van der Waals surface area contributed by atoms with Gasteiger partial charge in [0, 0.05) is 0 Å². The van der Waals surface area contributed by atoms with Gasteiger partial charge in [-0.05, 0) is 26.0 Å². The summed E-state index contributed by atoms with van der Waals surface area (Å²) in [6.45, 7) is 3.95. The van der Waals surface area contributed by atoms with Gasteiger partial charge in [-0.3, -0.25) is 5.10 Å². The first-order valence-electron chi connectivity index (χ1n) is 5.95. The molecule has 1 aromatic heterocycles. The number of benzene rings is 1. The minimum absolute atomic E-state index is 0.0907. The SMILES string of the molecule is CC(C)Oc1ccccc1-c1nc(SCC=O)n[nH]1. The number of carbonyl (C=O) groups excluding carboxylic acids is 1. The van der Waals surface area contributed by atoms with Crippen molar-refractivity contribution in [2.75, 3.05) is 5.75 Å². The van der Waals surface area contributed by atoms with E-state index in [1.165, 1.54) is 11.8 Å². The molecule has 0 saturated carbocycles. The third-order valence-corrected chi connectivity index (χ3v) is 2.99. The highest BCUT2D eigenvalue weighted by Crippen LogP contribution is 2.28. The predicted molar refractivity (Wildman–Crippen MR) is 74.4 cm³/mol. The molecule has 0 aliphatic rings. The molecule has 0 fully saturated rings. The van der Waals surface area contributed by atoms with Crippen molar-refractivity contribution in [2.45, 2.75) is 25.1 Å². The maximum Gasteiger partial charge on any atom is 0.209 e. The van der Waals surface area contributed by atoms with Crippen LogP contribution in [0.5, 0.6) is 5.75 Å². The molecule has 1 heterocycles. The fourth-order valence-corrected chi connectivity index (χ4v) is 2.04. The van der Waals surface area contributed by atoms with E-state index in [0.717, 1.165) is 17.6 Å². The Hall–Kier alpha value is -1.82. The van der Waals surface area contributed by atoms with E-state index in [9.17, 15) is 4.79 Å². The molecule has 2 aromatic rings. The van der Waals surface area contributed by atoms with E-state index in [1.807, 2.05) is 38.1 Å². The van der Waals surface area contributed by atoms with Gasteiger partial charge in [0.25, 0.3) is 0 Å². The average Bonchev–Trinajstić information content (AvgIpc) is 2.85. The zero-order valence-corrected chi connectivity index (χ0v) is 11.6. The van der Waals surface area contributed by atoms with Crippen LogP contribution in [-0.4, -0.2) is 33.3 Å². The topological polar surface area (TPSA) is 67.9 Å². The Balaban J connectivity index is 2.25. The molecule has 1 aromatic carbocycles. The van der Waals surface area contributed by atoms with E-state index in [0.29, 0.717) is 16.7 Å². The van der Waals surface area contributed by atoms with Crippen molar-refractivity contribution in [2.24, 2.45) is 0 Å². The standard InChI is InChI=1S/C13H15N3O2S/c1-9(2)18-11-6-4-3-5-10(11)12-14-13(16-15-12)19-8-7-17/h3-7,9H,8H2,1-2H3,(H,14,15,16). The number of aromatic amines is 1. The summed E-state index contributed by atoms with van der Waals surface area (Å²) >= 11 is 1.29. The number of thioether (sulfide) groups is 1. The number of hydrogen-bond acceptors (Lipinski definition) is 5. The molecule has 100 valence electrons. The molecule has 0 saturated heterocycles. The van der Waals surface area contributed by atoms with Crippen LogP contribution in [0.1, 0.15) is 13.8 Å². The predicted octanol–water partition coefficient (Wildman–Crippen LogP) is 2.55. The van der Waals surface area contributed by atoms with Crippen molar-refractivity contribution in [1.29, 1.82) is 0 Å². The van der Waals surface area contributed by atoms with Gasteiger partial charge < -0.3 is 9.53 Å². The largest absolute Gasteiger partial charge is 0.490 e. The van der Waals surface area contributed by atoms with Crippen molar-refractivity contribution in [1.82, 2.24) is 15.2 Å². The number of ether oxygens (including phenoxy) is 1. The second kappa shape index (κ2) is 6.38. The van der Waals surface area contributed by atoms with Crippen LogP contribution in [0.2, 0.25) is 0 Å². The Bertz CT molecular complexity index is 554. The fourth-order valence-electron chi connectivity index (χ4n) is 1.56. The highest BCUT2D eigenvalue weighted by molar-refractivity contribution is 7.99. The molecule has 0 atom stereocenters. The number of aromatic nitrogens is 3. The quantitative estimate of drug-likeness (QED) is 0.649. The third kappa shape index (κ3) is 3.57. The first kappa shape index (κ1) is 13.6. The summed E-state index contributed by atoms with van der Waals surface area (Å²) in [4.78, 5) is 14.7. The van der Waals surface area contributed by atoms with Crippen molar-refractivity contribution < 1.29 is 9.53 Å². The first-order valence-corrected chi connectivity index (χ1v) is 6.94. The van der Waals surface area contributed by atoms with Crippen LogP contribution < -0.4 is 4.74 Å². The molecule has 19 heavy (non-hydrogen) atoms. The molecular weight excluding hydrogens is 262 g/mol. The monoisotopic (exact) mass is 277 g/mol. The van der Waals surface area contributed by atoms with Crippen LogP contribution in [0.15, 0.2) is 29.4 Å². The van der Waals surface area contributed by atoms with Crippen molar-refractivity contribution >= 4 is 18.0 Å². The lowest BCUT2D eigenvalue weighted by Crippen LogP contribution is -2.06. The molecule has 2 rings (SSSR count). The van der Waals surface area contributed by atoms with Gasteiger partial charge in [-0.1, -0.05) is 23.9 Å². The van der Waals surface area contributed by atoms with E-state index in [-0.39, 0.29) is 6.10 Å². The molecule has 0 amide bonds. The van der Waals surface area contributed by atoms with E-state index < -0.39 is 0 Å². The van der Waals surface area contributed by atoms with Crippen LogP contribution in [0.4, 0.5) is 0 Å². The summed E-state index contributed by atoms with van der Waals surface area (Å²) in [6, 6.07) is 7.66. The van der Waals surface area contributed by atoms with Gasteiger partial charge in [0.05, 0.1) is 17.4 Å². The molecule has 6 heteroatoms. The van der Waals surface area contributed by atoms with Crippen LogP contribution in [0, 0.1) is 0 Å². The Kier molecular flexibility index (Phi) is 4.57. The van der Waals surface area contributed by atoms with Crippen LogP contribution in [0.25, 0.3) is 11.4 Å². The first-order chi connectivity index (χ1) is 9.20. The number of carbonyl (C=O) groups is 1. The van der Waals surface area contributed by atoms with Gasteiger partial charge in [-0.15, -0.1) is 5.10 Å². The number of hydrogen-bond donors (Lipinski definition) is 1. The van der Waals surface area contributed by atoms with Crippen molar-refractivity contribution in [3.8, 4) is 17.1 Å². The number of nitrogens with zero attached hydrogens (tertiary/aromatic N) is 2. The summed E-state index contributed by atoms with van der Waals surface area (Å²) in [5.41, 5.74) is 0.863. The lowest BCUT2D eigenvalue weighted by atomic mass is 10.2. The lowest BCUT2D eigenvalue weighted by Gasteiger charge is -2.12. The summed E-state index contributed by atoms with van der Waals surface area (Å²) in [6.07, 6.45) is 0.921. The number of para-hydroxylation sites is 1. The van der Waals surface area contributed by atoms with Crippen molar-refractivity contribution in [3.63, 3.8) is 0 Å². The fraction of sp³-hybridized carbons (Fsp3) is 0.308. The van der Waals surface area contributed by atoms with E-state index >= 15 is 0 Å². The summed E-state index contributed by atoms with van der Waals surface area (Å²) < 4.78 is 5.74. The van der Waals surface area contributed by atoms with Crippen LogP contribution >= 0.6 is 11.8 Å². The van der Waals surface area contributed by atoms with Crippen molar-refractivity contribution in [3.05, 3.63) is 24.3 Å². The molecule has 1 N–H and O–H groups in total. The van der Waals surface area contributed by atoms with Crippen LogP contribution in [-0.2, 0) is 4.79 Å². The average molecular weight is 277 g/mol. The van der Waals surface area contributed by atoms with E-state index in [1.54, 1.807) is 0 Å². The van der Waals surface area contributed by atoms with Gasteiger partial charge in [-0.25, -0.2) is 4.98 Å².